The van der Waals surface area contributed by atoms with Gasteiger partial charge in [0.15, 0.2) is 0 Å². The largest absolute Gasteiger partial charge is 0.493 e. The molecule has 7 heteroatoms. The van der Waals surface area contributed by atoms with Crippen LogP contribution in [-0.2, 0) is 0 Å². The van der Waals surface area contributed by atoms with Crippen LogP contribution in [0.1, 0.15) is 26.3 Å². The van der Waals surface area contributed by atoms with Crippen LogP contribution in [0.3, 0.4) is 0 Å². The smallest absolute Gasteiger partial charge is 0.335 e. The minimum Gasteiger partial charge on any atom is -0.493 e. The number of nitrogens with one attached hydrogen (secondary N) is 1. The van der Waals surface area contributed by atoms with Gasteiger partial charge in [0.25, 0.3) is 5.56 Å². The van der Waals surface area contributed by atoms with Crippen molar-refractivity contribution in [1.82, 2.24) is 9.55 Å². The van der Waals surface area contributed by atoms with Gasteiger partial charge in [-0.05, 0) is 12.1 Å². The summed E-state index contributed by atoms with van der Waals surface area (Å²) < 4.78 is 1.20. The quantitative estimate of drug-likeness (QED) is 0.641. The highest BCUT2D eigenvalue weighted by atomic mass is 32.2. The molecule has 0 aliphatic carbocycles. The molecule has 0 saturated heterocycles. The van der Waals surface area contributed by atoms with Crippen molar-refractivity contribution in [2.24, 2.45) is 4.99 Å². The van der Waals surface area contributed by atoms with Crippen LogP contribution in [0.15, 0.2) is 44.9 Å². The van der Waals surface area contributed by atoms with E-state index >= 15 is 0 Å². The molecule has 2 rings (SSSR count). The highest BCUT2D eigenvalue weighted by Crippen LogP contribution is 2.22. The summed E-state index contributed by atoms with van der Waals surface area (Å²) >= 11 is 1.76. The minimum absolute atomic E-state index is 0.0285. The fourth-order valence-corrected chi connectivity index (χ4v) is 2.84. The summed E-state index contributed by atoms with van der Waals surface area (Å²) in [6.07, 6.45) is 1.32. The zero-order valence-electron chi connectivity index (χ0n) is 13.9. The van der Waals surface area contributed by atoms with Crippen LogP contribution in [-0.4, -0.2) is 37.9 Å². The average Bonchev–Trinajstić information content (AvgIpc) is 2.49. The van der Waals surface area contributed by atoms with Crippen LogP contribution in [0.2, 0.25) is 0 Å². The second-order valence-corrected chi connectivity index (χ2v) is 8.09. The number of benzene rings is 1. The van der Waals surface area contributed by atoms with Crippen LogP contribution in [0.4, 0.5) is 0 Å². The van der Waals surface area contributed by atoms with Crippen molar-refractivity contribution in [2.45, 2.75) is 25.5 Å². The Kier molecular flexibility index (Phi) is 5.66. The molecule has 1 aromatic heterocycles. The van der Waals surface area contributed by atoms with Crippen LogP contribution < -0.4 is 11.2 Å². The van der Waals surface area contributed by atoms with Gasteiger partial charge >= 0.3 is 5.69 Å². The Balaban J connectivity index is 2.28. The summed E-state index contributed by atoms with van der Waals surface area (Å²) in [7, 11) is 0. The van der Waals surface area contributed by atoms with E-state index in [0.29, 0.717) is 12.2 Å². The van der Waals surface area contributed by atoms with Crippen molar-refractivity contribution < 1.29 is 5.11 Å². The molecule has 2 aromatic rings. The molecule has 0 unspecified atom stereocenters. The molecule has 1 aromatic carbocycles. The average molecular weight is 347 g/mol. The topological polar surface area (TPSA) is 87.4 Å². The minimum atomic E-state index is -0.691. The van der Waals surface area contributed by atoms with E-state index in [4.69, 9.17) is 0 Å². The van der Waals surface area contributed by atoms with Gasteiger partial charge in [-0.2, -0.15) is 11.8 Å². The molecule has 0 aliphatic rings. The molecule has 0 fully saturated rings. The van der Waals surface area contributed by atoms with E-state index in [1.807, 2.05) is 0 Å². The van der Waals surface area contributed by atoms with E-state index in [1.54, 1.807) is 42.1 Å². The van der Waals surface area contributed by atoms with Crippen LogP contribution in [0, 0.1) is 0 Å². The number of thioether (sulfide) groups is 1. The van der Waals surface area contributed by atoms with Gasteiger partial charge in [-0.15, -0.1) is 0 Å². The molecular weight excluding hydrogens is 326 g/mol. The van der Waals surface area contributed by atoms with Gasteiger partial charge in [0.2, 0.25) is 5.88 Å². The van der Waals surface area contributed by atoms with E-state index in [-0.39, 0.29) is 10.3 Å². The summed E-state index contributed by atoms with van der Waals surface area (Å²) in [5, 5.41) is 10.3. The molecule has 0 spiro atoms. The number of aromatic amines is 1. The van der Waals surface area contributed by atoms with E-state index in [2.05, 4.69) is 30.7 Å². The van der Waals surface area contributed by atoms with Crippen molar-refractivity contribution in [2.75, 3.05) is 12.3 Å². The molecule has 0 saturated carbocycles. The first-order valence-electron chi connectivity index (χ1n) is 7.57. The number of para-hydroxylation sites is 1. The number of aromatic hydroxyl groups is 1. The lowest BCUT2D eigenvalue weighted by molar-refractivity contribution is 0.430. The number of aliphatic imine (C=N–C) groups is 1. The van der Waals surface area contributed by atoms with E-state index in [9.17, 15) is 14.7 Å². The van der Waals surface area contributed by atoms with Crippen molar-refractivity contribution in [1.29, 1.82) is 0 Å². The molecule has 0 bridgehead atoms. The molecule has 128 valence electrons. The van der Waals surface area contributed by atoms with Crippen LogP contribution >= 0.6 is 11.8 Å². The first kappa shape index (κ1) is 18.1. The molecule has 2 N–H and O–H groups in total. The maximum absolute atomic E-state index is 12.0. The Hall–Kier alpha value is -2.28. The zero-order valence-corrected chi connectivity index (χ0v) is 14.8. The lowest BCUT2D eigenvalue weighted by Gasteiger charge is -2.16. The Bertz CT molecular complexity index is 833. The third kappa shape index (κ3) is 4.61. The third-order valence-corrected chi connectivity index (χ3v) is 4.36. The zero-order chi connectivity index (χ0) is 17.7. The normalized spacial score (nSPS) is 12.0. The fraction of sp³-hybridized carbons (Fsp3) is 0.353. The Morgan fingerprint density at radius 1 is 1.25 bits per heavy atom. The summed E-state index contributed by atoms with van der Waals surface area (Å²) in [5.74, 6) is 0.388. The maximum Gasteiger partial charge on any atom is 0.335 e. The number of aromatic nitrogens is 2. The second kappa shape index (κ2) is 7.53. The predicted octanol–water partition coefficient (Wildman–Crippen LogP) is 2.18. The Morgan fingerprint density at radius 3 is 2.54 bits per heavy atom. The molecule has 0 radical (unpaired) electrons. The molecule has 0 atom stereocenters. The molecular formula is C17H21N3O3S. The maximum atomic E-state index is 12.0. The van der Waals surface area contributed by atoms with Crippen molar-refractivity contribution >= 4 is 18.0 Å². The summed E-state index contributed by atoms with van der Waals surface area (Å²) in [6.45, 7) is 6.88. The first-order chi connectivity index (χ1) is 11.3. The first-order valence-corrected chi connectivity index (χ1v) is 8.55. The molecule has 0 amide bonds. The van der Waals surface area contributed by atoms with Gasteiger partial charge in [-0.1, -0.05) is 39.0 Å². The van der Waals surface area contributed by atoms with Gasteiger partial charge in [0.1, 0.15) is 5.56 Å². The highest BCUT2D eigenvalue weighted by Gasteiger charge is 2.14. The van der Waals surface area contributed by atoms with Crippen LogP contribution in [0.5, 0.6) is 5.88 Å². The summed E-state index contributed by atoms with van der Waals surface area (Å²) in [4.78, 5) is 30.3. The highest BCUT2D eigenvalue weighted by molar-refractivity contribution is 8.00. The lowest BCUT2D eigenvalue weighted by Crippen LogP contribution is -2.31. The third-order valence-electron chi connectivity index (χ3n) is 3.11. The lowest BCUT2D eigenvalue weighted by atomic mass is 10.3. The molecule has 6 nitrogen and oxygen atoms in total. The van der Waals surface area contributed by atoms with Gasteiger partial charge < -0.3 is 5.11 Å². The van der Waals surface area contributed by atoms with Crippen molar-refractivity contribution in [3.05, 3.63) is 56.7 Å². The number of H-pyrrole nitrogens is 1. The van der Waals surface area contributed by atoms with Crippen molar-refractivity contribution in [3.8, 4) is 11.6 Å². The van der Waals surface area contributed by atoms with Gasteiger partial charge in [0, 0.05) is 23.3 Å². The number of rotatable bonds is 5. The SMILES string of the molecule is CC(C)(C)SCCN=Cc1c(O)n(-c2ccccc2)c(=O)[nH]c1=O. The molecule has 24 heavy (non-hydrogen) atoms. The number of nitrogens with zero attached hydrogens (tertiary/aromatic N) is 2. The van der Waals surface area contributed by atoms with Crippen LogP contribution in [0.25, 0.3) is 5.69 Å². The predicted molar refractivity (Wildman–Crippen MR) is 99.0 cm³/mol. The monoisotopic (exact) mass is 347 g/mol. The number of hydrogen-bond acceptors (Lipinski definition) is 5. The second-order valence-electron chi connectivity index (χ2n) is 6.16. The molecule has 1 heterocycles. The number of hydrogen-bond donors (Lipinski definition) is 2. The molecule has 0 aliphatic heterocycles. The Morgan fingerprint density at radius 2 is 1.92 bits per heavy atom. The van der Waals surface area contributed by atoms with Crippen molar-refractivity contribution in [3.63, 3.8) is 0 Å². The van der Waals surface area contributed by atoms with Gasteiger partial charge in [-0.25, -0.2) is 9.36 Å². The van der Waals surface area contributed by atoms with E-state index < -0.39 is 17.1 Å². The standard InChI is InChI=1S/C17H21N3O3S/c1-17(2,3)24-10-9-18-11-13-14(21)19-16(23)20(15(13)22)12-7-5-4-6-8-12/h4-8,11,22H,9-10H2,1-3H3,(H,19,21,23). The fourth-order valence-electron chi connectivity index (χ4n) is 2.03. The Labute approximate surface area is 144 Å². The van der Waals surface area contributed by atoms with Gasteiger partial charge in [0.05, 0.1) is 5.69 Å². The van der Waals surface area contributed by atoms with Gasteiger partial charge in [-0.3, -0.25) is 14.8 Å². The summed E-state index contributed by atoms with van der Waals surface area (Å²) in [6, 6.07) is 8.61. The van der Waals surface area contributed by atoms with E-state index in [0.717, 1.165) is 10.3 Å². The van der Waals surface area contributed by atoms with E-state index in [1.165, 1.54) is 6.21 Å². The summed E-state index contributed by atoms with van der Waals surface area (Å²) in [5.41, 5.74) is -0.908.